The number of fused-ring (bicyclic) bond motifs is 2. The predicted molar refractivity (Wildman–Crippen MR) is 140 cm³/mol. The molecule has 1 heterocycles. The van der Waals surface area contributed by atoms with E-state index in [1.165, 1.54) is 20.9 Å². The van der Waals surface area contributed by atoms with Gasteiger partial charge >= 0.3 is 5.51 Å². The van der Waals surface area contributed by atoms with E-state index in [-0.39, 0.29) is 16.3 Å². The lowest BCUT2D eigenvalue weighted by molar-refractivity contribution is -0.0517. The third kappa shape index (κ3) is 5.93. The molecule has 0 aliphatic heterocycles. The molecule has 0 fully saturated rings. The van der Waals surface area contributed by atoms with Crippen LogP contribution in [-0.4, -0.2) is 18.5 Å². The predicted octanol–water partition coefficient (Wildman–Crippen LogP) is 6.71. The fourth-order valence-corrected chi connectivity index (χ4v) is 5.74. The second-order valence-electron chi connectivity index (χ2n) is 8.42. The molecule has 0 saturated heterocycles. The van der Waals surface area contributed by atoms with Gasteiger partial charge in [0.25, 0.3) is 0 Å². The van der Waals surface area contributed by atoms with Crippen molar-refractivity contribution < 1.29 is 30.6 Å². The molecular weight excluding hydrogens is 537 g/mol. The normalized spacial score (nSPS) is 12.0. The van der Waals surface area contributed by atoms with Crippen LogP contribution in [0.1, 0.15) is 11.1 Å². The van der Waals surface area contributed by atoms with Gasteiger partial charge in [0.05, 0.1) is 21.7 Å². The molecule has 0 unspecified atom stereocenters. The molecule has 0 saturated carbocycles. The quantitative estimate of drug-likeness (QED) is 0.106. The number of halogens is 3. The van der Waals surface area contributed by atoms with Crippen molar-refractivity contribution in [2.24, 2.45) is 0 Å². The fourth-order valence-electron chi connectivity index (χ4n) is 3.67. The van der Waals surface area contributed by atoms with Crippen molar-refractivity contribution in [1.82, 2.24) is 0 Å². The van der Waals surface area contributed by atoms with E-state index >= 15 is 0 Å². The molecule has 5 nitrogen and oxygen atoms in total. The van der Waals surface area contributed by atoms with Crippen molar-refractivity contribution in [2.45, 2.75) is 34.0 Å². The summed E-state index contributed by atoms with van der Waals surface area (Å²) in [6, 6.07) is 30.8. The maximum absolute atomic E-state index is 13.2. The number of hydrogen-bond acceptors (Lipinski definition) is 5. The topological polar surface area (TPSA) is 87.4 Å². The van der Waals surface area contributed by atoms with Gasteiger partial charge in [0.2, 0.25) is 5.43 Å². The first-order valence-electron chi connectivity index (χ1n) is 11.2. The molecule has 196 valence electrons. The second kappa shape index (κ2) is 10.6. The molecule has 5 rings (SSSR count). The Bertz CT molecular complexity index is 1710. The van der Waals surface area contributed by atoms with Crippen LogP contribution in [-0.2, 0) is 21.0 Å². The highest BCUT2D eigenvalue weighted by Crippen LogP contribution is 2.33. The first-order chi connectivity index (χ1) is 17.8. The summed E-state index contributed by atoms with van der Waals surface area (Å²) >= 11 is 0. The first kappa shape index (κ1) is 27.4. The highest BCUT2D eigenvalue weighted by atomic mass is 32.2. The van der Waals surface area contributed by atoms with E-state index < -0.39 is 15.6 Å². The molecule has 0 N–H and O–H groups in total. The van der Waals surface area contributed by atoms with Gasteiger partial charge in [0.15, 0.2) is 24.8 Å². The van der Waals surface area contributed by atoms with Crippen LogP contribution >= 0.6 is 0 Å². The van der Waals surface area contributed by atoms with Crippen molar-refractivity contribution in [3.63, 3.8) is 0 Å². The van der Waals surface area contributed by atoms with E-state index in [1.54, 1.807) is 0 Å². The Balaban J connectivity index is 0.000000368. The Morgan fingerprint density at radius 2 is 1.16 bits per heavy atom. The third-order valence-electron chi connectivity index (χ3n) is 5.58. The summed E-state index contributed by atoms with van der Waals surface area (Å²) in [6.45, 7) is 4.19. The number of benzene rings is 4. The van der Waals surface area contributed by atoms with Crippen molar-refractivity contribution in [3.8, 4) is 0 Å². The molecule has 10 heteroatoms. The van der Waals surface area contributed by atoms with Gasteiger partial charge in [0, 0.05) is 6.07 Å². The molecule has 0 bridgehead atoms. The van der Waals surface area contributed by atoms with Crippen LogP contribution in [0.5, 0.6) is 0 Å². The lowest BCUT2D eigenvalue weighted by Crippen LogP contribution is -2.21. The molecule has 0 atom stereocenters. The zero-order valence-corrected chi connectivity index (χ0v) is 21.8. The summed E-state index contributed by atoms with van der Waals surface area (Å²) < 4.78 is 64.9. The van der Waals surface area contributed by atoms with Crippen LogP contribution in [0.3, 0.4) is 0 Å². The van der Waals surface area contributed by atoms with Crippen LogP contribution in [0, 0.1) is 13.8 Å². The van der Waals surface area contributed by atoms with Gasteiger partial charge in [-0.3, -0.25) is 4.79 Å². The lowest BCUT2D eigenvalue weighted by Gasteiger charge is -2.10. The Hall–Kier alpha value is -3.60. The van der Waals surface area contributed by atoms with E-state index in [0.717, 1.165) is 4.90 Å². The minimum absolute atomic E-state index is 0.0186. The van der Waals surface area contributed by atoms with Gasteiger partial charge in [-0.2, -0.15) is 13.2 Å². The average molecular weight is 559 g/mol. The molecule has 0 aliphatic carbocycles. The first-order valence-corrected chi connectivity index (χ1v) is 13.8. The Kier molecular flexibility index (Phi) is 7.68. The number of aryl methyl sites for hydroxylation is 2. The molecule has 0 radical (unpaired) electrons. The molecule has 0 amide bonds. The Morgan fingerprint density at radius 3 is 1.66 bits per heavy atom. The number of para-hydroxylation sites is 1. The van der Waals surface area contributed by atoms with E-state index in [2.05, 4.69) is 68.4 Å². The Labute approximate surface area is 219 Å². The SMILES string of the molecule is Cc1ccc([S+](c2ccc(C)cc2)c2ccc3oc4ccccc4c(=O)c3c2)cc1.O=S(=O)([O-])C(F)(F)F. The maximum atomic E-state index is 13.2. The van der Waals surface area contributed by atoms with E-state index in [1.807, 2.05) is 36.4 Å². The zero-order valence-electron chi connectivity index (χ0n) is 20.2. The number of alkyl halides is 3. The standard InChI is InChI=1S/C27H21O2S.CHF3O3S/c1-18-7-11-20(12-8-18)30(21-13-9-19(2)10-14-21)22-15-16-26-24(17-22)27(28)23-5-3-4-6-25(23)29-26;2-1(3,4)8(5,6)7/h3-17H,1-2H3;(H,5,6,7)/q+1;/p-1. The molecule has 38 heavy (non-hydrogen) atoms. The van der Waals surface area contributed by atoms with Crippen molar-refractivity contribution in [3.05, 3.63) is 112 Å². The summed E-state index contributed by atoms with van der Waals surface area (Å²) in [6.07, 6.45) is 0. The molecule has 1 aromatic heterocycles. The Morgan fingerprint density at radius 1 is 0.711 bits per heavy atom. The molecule has 0 aliphatic rings. The van der Waals surface area contributed by atoms with Crippen LogP contribution in [0.15, 0.2) is 115 Å². The lowest BCUT2D eigenvalue weighted by atomic mass is 10.1. The van der Waals surface area contributed by atoms with Crippen molar-refractivity contribution >= 4 is 43.0 Å². The third-order valence-corrected chi connectivity index (χ3v) is 8.36. The second-order valence-corrected chi connectivity index (χ2v) is 11.8. The summed E-state index contributed by atoms with van der Waals surface area (Å²) in [7, 11) is -6.40. The van der Waals surface area contributed by atoms with Crippen LogP contribution in [0.2, 0.25) is 0 Å². The number of rotatable bonds is 3. The fraction of sp³-hybridized carbons (Fsp3) is 0.107. The van der Waals surface area contributed by atoms with Gasteiger partial charge in [-0.15, -0.1) is 0 Å². The monoisotopic (exact) mass is 558 g/mol. The summed E-state index contributed by atoms with van der Waals surface area (Å²) in [5, 5.41) is 1.25. The summed E-state index contributed by atoms with van der Waals surface area (Å²) in [5.74, 6) is 0. The minimum atomic E-state index is -6.09. The summed E-state index contributed by atoms with van der Waals surface area (Å²) in [4.78, 5) is 16.7. The molecule has 5 aromatic rings. The highest BCUT2D eigenvalue weighted by Gasteiger charge is 2.37. The smallest absolute Gasteiger partial charge is 0.485 e. The minimum Gasteiger partial charge on any atom is -0.741 e. The maximum Gasteiger partial charge on any atom is 0.485 e. The number of hydrogen-bond donors (Lipinski definition) is 0. The zero-order chi connectivity index (χ0) is 27.7. The van der Waals surface area contributed by atoms with Crippen LogP contribution in [0.4, 0.5) is 13.2 Å². The highest BCUT2D eigenvalue weighted by molar-refractivity contribution is 7.97. The van der Waals surface area contributed by atoms with E-state index in [0.29, 0.717) is 21.9 Å². The summed E-state index contributed by atoms with van der Waals surface area (Å²) in [5.41, 5.74) is -1.91. The molecule has 0 spiro atoms. The van der Waals surface area contributed by atoms with Crippen molar-refractivity contribution in [2.75, 3.05) is 0 Å². The molecule has 4 aromatic carbocycles. The van der Waals surface area contributed by atoms with Gasteiger partial charge in [-0.25, -0.2) is 8.42 Å². The van der Waals surface area contributed by atoms with Gasteiger partial charge in [0.1, 0.15) is 11.2 Å². The largest absolute Gasteiger partial charge is 0.741 e. The van der Waals surface area contributed by atoms with Gasteiger partial charge in [-0.1, -0.05) is 47.5 Å². The van der Waals surface area contributed by atoms with Crippen molar-refractivity contribution in [1.29, 1.82) is 0 Å². The average Bonchev–Trinajstić information content (AvgIpc) is 2.86. The van der Waals surface area contributed by atoms with Gasteiger partial charge in [-0.05, 0) is 62.4 Å². The van der Waals surface area contributed by atoms with E-state index in [9.17, 15) is 18.0 Å². The van der Waals surface area contributed by atoms with E-state index in [4.69, 9.17) is 17.4 Å². The van der Waals surface area contributed by atoms with Gasteiger partial charge < -0.3 is 8.97 Å². The molecular formula is C28H21F3O5S2. The van der Waals surface area contributed by atoms with Crippen LogP contribution in [0.25, 0.3) is 21.9 Å². The van der Waals surface area contributed by atoms with Crippen LogP contribution < -0.4 is 5.43 Å².